The van der Waals surface area contributed by atoms with E-state index in [0.29, 0.717) is 0 Å². The van der Waals surface area contributed by atoms with Crippen molar-refractivity contribution in [3.63, 3.8) is 0 Å². The summed E-state index contributed by atoms with van der Waals surface area (Å²) in [6, 6.07) is 0. The lowest BCUT2D eigenvalue weighted by atomic mass is 10.4. The third kappa shape index (κ3) is 5.57. The summed E-state index contributed by atoms with van der Waals surface area (Å²) >= 11 is 0. The molecular weight excluding hydrogens is 226 g/mol. The zero-order chi connectivity index (χ0) is 12.6. The average Bonchev–Trinajstić information content (AvgIpc) is 2.16. The molecule has 0 spiro atoms. The first-order valence-corrected chi connectivity index (χ1v) is 4.35. The van der Waals surface area contributed by atoms with Gasteiger partial charge in [0.2, 0.25) is 0 Å². The lowest BCUT2D eigenvalue weighted by molar-refractivity contribution is -0.758. The van der Waals surface area contributed by atoms with E-state index < -0.39 is 16.2 Å². The second-order valence-corrected chi connectivity index (χ2v) is 2.47. The van der Waals surface area contributed by atoms with Crippen molar-refractivity contribution >= 4 is 6.09 Å². The molecule has 16 heavy (non-hydrogen) atoms. The Labute approximate surface area is 89.9 Å². The Morgan fingerprint density at radius 1 is 1.38 bits per heavy atom. The van der Waals surface area contributed by atoms with Crippen LogP contribution in [0.15, 0.2) is 0 Å². The van der Waals surface area contributed by atoms with Gasteiger partial charge in [0, 0.05) is 0 Å². The predicted molar refractivity (Wildman–Crippen MR) is 48.3 cm³/mol. The van der Waals surface area contributed by atoms with Crippen LogP contribution in [-0.2, 0) is 9.57 Å². The molecule has 0 rings (SSSR count). The maximum Gasteiger partial charge on any atom is 0.468 e. The zero-order valence-electron chi connectivity index (χ0n) is 8.53. The summed E-state index contributed by atoms with van der Waals surface area (Å²) in [5, 5.41) is 18.4. The van der Waals surface area contributed by atoms with Crippen LogP contribution in [0.4, 0.5) is 4.79 Å². The quantitative estimate of drug-likeness (QED) is 0.352. The molecule has 0 atom stereocenters. The van der Waals surface area contributed by atoms with Gasteiger partial charge in [0.15, 0.2) is 5.03 Å². The minimum atomic E-state index is -1.10. The normalized spacial score (nSPS) is 9.31. The Morgan fingerprint density at radius 2 is 2.00 bits per heavy atom. The molecule has 0 aromatic rings. The highest BCUT2D eigenvalue weighted by molar-refractivity contribution is 5.65. The number of hydrazine groups is 1. The summed E-state index contributed by atoms with van der Waals surface area (Å²) in [6.07, 6.45) is -1.14. The van der Waals surface area contributed by atoms with Gasteiger partial charge in [-0.25, -0.2) is 14.9 Å². The summed E-state index contributed by atoms with van der Waals surface area (Å²) < 4.78 is 4.41. The van der Waals surface area contributed by atoms with E-state index in [9.17, 15) is 25.0 Å². The lowest BCUT2D eigenvalue weighted by Gasteiger charge is -2.10. The smallest absolute Gasteiger partial charge is 0.446 e. The van der Waals surface area contributed by atoms with Gasteiger partial charge >= 0.3 is 6.09 Å². The zero-order valence-corrected chi connectivity index (χ0v) is 8.53. The maximum atomic E-state index is 11.0. The first-order valence-electron chi connectivity index (χ1n) is 4.35. The number of rotatable bonds is 7. The predicted octanol–water partition coefficient (Wildman–Crippen LogP) is 0.235. The van der Waals surface area contributed by atoms with Crippen LogP contribution in [0, 0.1) is 20.2 Å². The van der Waals surface area contributed by atoms with E-state index in [1.807, 2.05) is 0 Å². The van der Waals surface area contributed by atoms with Crippen molar-refractivity contribution in [2.45, 2.75) is 13.3 Å². The molecule has 0 bridgehead atoms. The van der Waals surface area contributed by atoms with E-state index in [4.69, 9.17) is 0 Å². The van der Waals surface area contributed by atoms with Crippen molar-refractivity contribution < 1.29 is 24.5 Å². The van der Waals surface area contributed by atoms with Crippen molar-refractivity contribution in [3.05, 3.63) is 20.2 Å². The molecule has 1 amide bonds. The minimum Gasteiger partial charge on any atom is -0.446 e. The number of nitro groups is 1. The van der Waals surface area contributed by atoms with Crippen molar-refractivity contribution in [1.82, 2.24) is 5.01 Å². The summed E-state index contributed by atoms with van der Waals surface area (Å²) in [6.45, 7) is 0.872. The summed E-state index contributed by atoms with van der Waals surface area (Å²) in [5.41, 5.74) is 0. The van der Waals surface area contributed by atoms with Gasteiger partial charge in [-0.2, -0.15) is 0 Å². The maximum absolute atomic E-state index is 11.0. The van der Waals surface area contributed by atoms with Crippen LogP contribution in [0.1, 0.15) is 13.3 Å². The molecule has 10 heteroatoms. The van der Waals surface area contributed by atoms with Crippen LogP contribution in [0.25, 0.3) is 0 Å². The number of ether oxygens (including phenoxy) is 1. The van der Waals surface area contributed by atoms with Gasteiger partial charge in [-0.3, -0.25) is 0 Å². The number of amides is 1. The Kier molecular flexibility index (Phi) is 6.24. The second-order valence-electron chi connectivity index (χ2n) is 2.47. The van der Waals surface area contributed by atoms with Crippen molar-refractivity contribution in [2.24, 2.45) is 0 Å². The molecule has 0 aliphatic heterocycles. The van der Waals surface area contributed by atoms with Crippen molar-refractivity contribution in [2.75, 3.05) is 19.8 Å². The van der Waals surface area contributed by atoms with Gasteiger partial charge in [-0.1, -0.05) is 0 Å². The Hall–Kier alpha value is -2.13. The van der Waals surface area contributed by atoms with Gasteiger partial charge in [-0.05, 0) is 18.4 Å². The van der Waals surface area contributed by atoms with Gasteiger partial charge in [0.25, 0.3) is 5.09 Å². The third-order valence-corrected chi connectivity index (χ3v) is 1.39. The molecule has 10 nitrogen and oxygen atoms in total. The van der Waals surface area contributed by atoms with Crippen LogP contribution in [0.5, 0.6) is 0 Å². The standard InChI is InChI=1S/C6H11N3O7/c1-2-15-6(10)7(8(11)12)4-3-5-16-9(13)14/h2-5H2,1H3. The fraction of sp³-hybridized carbons (Fsp3) is 0.833. The molecule has 0 unspecified atom stereocenters. The van der Waals surface area contributed by atoms with Gasteiger partial charge in [0.05, 0.1) is 19.8 Å². The Balaban J connectivity index is 4.00. The van der Waals surface area contributed by atoms with E-state index in [-0.39, 0.29) is 31.2 Å². The van der Waals surface area contributed by atoms with Crippen LogP contribution in [0.3, 0.4) is 0 Å². The van der Waals surface area contributed by atoms with Gasteiger partial charge < -0.3 is 9.57 Å². The first kappa shape index (κ1) is 13.9. The summed E-state index contributed by atoms with van der Waals surface area (Å²) in [5.74, 6) is 0. The molecule has 0 fully saturated rings. The van der Waals surface area contributed by atoms with Crippen LogP contribution in [-0.4, -0.2) is 41.0 Å². The first-order chi connectivity index (χ1) is 7.49. The molecular formula is C6H11N3O7. The minimum absolute atomic E-state index is 0.00850. The SMILES string of the molecule is CCOC(=O)N(CCCO[N+](=O)[O-])[N+](=O)[O-]. The fourth-order valence-corrected chi connectivity index (χ4v) is 0.791. The molecule has 0 aliphatic rings. The lowest BCUT2D eigenvalue weighted by Crippen LogP contribution is -2.38. The molecule has 92 valence electrons. The Bertz CT molecular complexity index is 269. The highest BCUT2D eigenvalue weighted by Crippen LogP contribution is 1.97. The van der Waals surface area contributed by atoms with Gasteiger partial charge in [-0.15, -0.1) is 10.1 Å². The fourth-order valence-electron chi connectivity index (χ4n) is 0.791. The third-order valence-electron chi connectivity index (χ3n) is 1.39. The topological polar surface area (TPSA) is 125 Å². The summed E-state index contributed by atoms with van der Waals surface area (Å²) in [7, 11) is 0. The molecule has 0 saturated heterocycles. The highest BCUT2D eigenvalue weighted by atomic mass is 16.9. The number of carbonyl (C=O) groups is 1. The summed E-state index contributed by atoms with van der Waals surface area (Å²) in [4.78, 5) is 35.1. The van der Waals surface area contributed by atoms with Crippen LogP contribution in [0.2, 0.25) is 0 Å². The molecule has 0 heterocycles. The number of nitrogens with zero attached hydrogens (tertiary/aromatic N) is 3. The molecule has 0 aromatic heterocycles. The van der Waals surface area contributed by atoms with Crippen LogP contribution >= 0.6 is 0 Å². The number of hydrogen-bond acceptors (Lipinski definition) is 7. The molecule has 0 N–H and O–H groups in total. The number of carbonyl (C=O) groups excluding carboxylic acids is 1. The van der Waals surface area contributed by atoms with E-state index in [1.54, 1.807) is 0 Å². The number of hydrogen-bond donors (Lipinski definition) is 0. The van der Waals surface area contributed by atoms with Crippen molar-refractivity contribution in [3.8, 4) is 0 Å². The molecule has 0 aromatic carbocycles. The van der Waals surface area contributed by atoms with E-state index >= 15 is 0 Å². The largest absolute Gasteiger partial charge is 0.468 e. The van der Waals surface area contributed by atoms with E-state index in [1.165, 1.54) is 6.92 Å². The monoisotopic (exact) mass is 237 g/mol. The second kappa shape index (κ2) is 7.20. The molecule has 0 saturated carbocycles. The van der Waals surface area contributed by atoms with Crippen molar-refractivity contribution in [1.29, 1.82) is 0 Å². The molecule has 0 radical (unpaired) electrons. The Morgan fingerprint density at radius 3 is 2.44 bits per heavy atom. The van der Waals surface area contributed by atoms with Gasteiger partial charge in [0.1, 0.15) is 0 Å². The van der Waals surface area contributed by atoms with E-state index in [0.717, 1.165) is 0 Å². The van der Waals surface area contributed by atoms with Crippen LogP contribution < -0.4 is 0 Å². The highest BCUT2D eigenvalue weighted by Gasteiger charge is 2.24. The van der Waals surface area contributed by atoms with E-state index in [2.05, 4.69) is 9.57 Å². The molecule has 0 aliphatic carbocycles. The average molecular weight is 237 g/mol.